The first-order valence-electron chi connectivity index (χ1n) is 14.1. The van der Waals surface area contributed by atoms with Crippen molar-refractivity contribution in [2.75, 3.05) is 6.54 Å². The van der Waals surface area contributed by atoms with Gasteiger partial charge in [0, 0.05) is 17.7 Å². The number of halogens is 1. The fourth-order valence-corrected chi connectivity index (χ4v) is 6.39. The zero-order valence-electron chi connectivity index (χ0n) is 23.0. The smallest absolute Gasteiger partial charge is 0.254 e. The lowest BCUT2D eigenvalue weighted by Gasteiger charge is -2.26. The van der Waals surface area contributed by atoms with E-state index in [0.717, 1.165) is 49.7 Å². The van der Waals surface area contributed by atoms with Gasteiger partial charge in [-0.2, -0.15) is 5.26 Å². The molecule has 1 saturated heterocycles. The lowest BCUT2D eigenvalue weighted by molar-refractivity contribution is 0.0720. The number of hydrogen-bond donors (Lipinski definition) is 1. The van der Waals surface area contributed by atoms with Crippen LogP contribution < -0.4 is 5.73 Å². The van der Waals surface area contributed by atoms with E-state index in [1.54, 1.807) is 12.1 Å². The third-order valence-electron chi connectivity index (χ3n) is 8.41. The number of nitriles is 1. The van der Waals surface area contributed by atoms with Crippen LogP contribution in [0.5, 0.6) is 0 Å². The van der Waals surface area contributed by atoms with Crippen LogP contribution in [0.1, 0.15) is 84.6 Å². The van der Waals surface area contributed by atoms with Crippen LogP contribution in [0.3, 0.4) is 0 Å². The Morgan fingerprint density at radius 3 is 2.61 bits per heavy atom. The minimum absolute atomic E-state index is 0.137. The molecule has 2 aliphatic rings. The van der Waals surface area contributed by atoms with E-state index in [1.165, 1.54) is 0 Å². The van der Waals surface area contributed by atoms with Crippen LogP contribution in [-0.2, 0) is 17.4 Å². The Kier molecular flexibility index (Phi) is 7.18. The first-order valence-corrected chi connectivity index (χ1v) is 14.5. The maximum absolute atomic E-state index is 14.0. The number of carbonyl (C=O) groups is 1. The molecule has 2 fully saturated rings. The average Bonchev–Trinajstić information content (AvgIpc) is 3.79. The normalized spacial score (nSPS) is 19.7. The van der Waals surface area contributed by atoms with Crippen LogP contribution in [-0.4, -0.2) is 27.5 Å². The summed E-state index contributed by atoms with van der Waals surface area (Å²) in [7, 11) is 0. The van der Waals surface area contributed by atoms with E-state index in [4.69, 9.17) is 26.2 Å². The lowest BCUT2D eigenvalue weighted by Crippen LogP contribution is -2.35. The molecule has 1 saturated carbocycles. The third-order valence-corrected chi connectivity index (χ3v) is 8.62. The Labute approximate surface area is 244 Å². The molecule has 2 atom stereocenters. The molecule has 0 spiro atoms. The van der Waals surface area contributed by atoms with Crippen molar-refractivity contribution in [3.63, 3.8) is 0 Å². The van der Waals surface area contributed by atoms with E-state index in [9.17, 15) is 10.1 Å². The Bertz CT molecular complexity index is 1600. The fraction of sp³-hybridized carbons (Fsp3) is 0.375. The van der Waals surface area contributed by atoms with Crippen molar-refractivity contribution >= 4 is 17.5 Å². The predicted molar refractivity (Wildman–Crippen MR) is 154 cm³/mol. The molecule has 41 heavy (non-hydrogen) atoms. The molecule has 1 amide bonds. The molecule has 4 aromatic rings. The van der Waals surface area contributed by atoms with E-state index in [2.05, 4.69) is 16.3 Å². The van der Waals surface area contributed by atoms with Crippen LogP contribution >= 0.6 is 11.6 Å². The Morgan fingerprint density at radius 2 is 1.90 bits per heavy atom. The van der Waals surface area contributed by atoms with Gasteiger partial charge in [-0.1, -0.05) is 43.2 Å². The average molecular weight is 570 g/mol. The molecule has 0 radical (unpaired) electrons. The maximum Gasteiger partial charge on any atom is 0.254 e. The van der Waals surface area contributed by atoms with Gasteiger partial charge >= 0.3 is 0 Å². The maximum atomic E-state index is 14.0. The number of aromatic nitrogens is 2. The van der Waals surface area contributed by atoms with E-state index >= 15 is 0 Å². The van der Waals surface area contributed by atoms with Crippen LogP contribution in [0, 0.1) is 11.3 Å². The van der Waals surface area contributed by atoms with Crippen molar-refractivity contribution < 1.29 is 13.6 Å². The zero-order chi connectivity index (χ0) is 28.6. The van der Waals surface area contributed by atoms with Gasteiger partial charge in [0.15, 0.2) is 5.22 Å². The summed E-state index contributed by atoms with van der Waals surface area (Å²) in [5.74, 6) is 1.10. The summed E-state index contributed by atoms with van der Waals surface area (Å²) in [6.07, 6.45) is 5.56. The second kappa shape index (κ2) is 10.8. The number of hydrogen-bond acceptors (Lipinski definition) is 7. The van der Waals surface area contributed by atoms with Gasteiger partial charge in [0.25, 0.3) is 5.91 Å². The van der Waals surface area contributed by atoms with E-state index in [1.807, 2.05) is 60.4 Å². The monoisotopic (exact) mass is 569 g/mol. The van der Waals surface area contributed by atoms with Crippen LogP contribution in [0.15, 0.2) is 69.5 Å². The minimum Gasteiger partial charge on any atom is -0.448 e. The minimum atomic E-state index is -0.894. The van der Waals surface area contributed by atoms with Crippen molar-refractivity contribution in [1.82, 2.24) is 15.1 Å². The largest absolute Gasteiger partial charge is 0.448 e. The Morgan fingerprint density at radius 1 is 1.12 bits per heavy atom. The van der Waals surface area contributed by atoms with Crippen molar-refractivity contribution in [1.29, 1.82) is 5.26 Å². The summed E-state index contributed by atoms with van der Waals surface area (Å²) in [4.78, 5) is 15.9. The molecule has 8 nitrogen and oxygen atoms in total. The van der Waals surface area contributed by atoms with Crippen molar-refractivity contribution in [2.45, 2.75) is 68.9 Å². The molecule has 2 aromatic heterocycles. The van der Waals surface area contributed by atoms with Gasteiger partial charge < -0.3 is 19.5 Å². The highest BCUT2D eigenvalue weighted by atomic mass is 35.5. The highest BCUT2D eigenvalue weighted by Gasteiger charge is 2.39. The molecule has 1 aliphatic carbocycles. The van der Waals surface area contributed by atoms with E-state index in [-0.39, 0.29) is 17.8 Å². The molecule has 1 aliphatic heterocycles. The molecule has 3 heterocycles. The lowest BCUT2D eigenvalue weighted by atomic mass is 9.79. The number of benzene rings is 2. The standard InChI is InChI=1S/C32H32ClN5O3/c1-31(35,19-21-8-3-2-4-9-21)30-37-36-28(41-30)22-16-23(18-24(17-22)32(20-34)13-5-6-14-32)29(39)38-15-7-10-25(38)26-11-12-27(33)40-26/h2-4,8-9,11-12,16-18,25H,5-7,10,13-15,19,35H2,1H3/t25?,31-/m1/s1. The SMILES string of the molecule is C[C@@](N)(Cc1ccccc1)c1nnc(-c2cc(C(=O)N3CCCC3c3ccc(Cl)o3)cc(C3(C#N)CCCC3)c2)o1. The number of furan rings is 1. The molecule has 210 valence electrons. The Hall–Kier alpha value is -3.93. The molecule has 6 rings (SSSR count). The summed E-state index contributed by atoms with van der Waals surface area (Å²) in [6, 6.07) is 21.3. The van der Waals surface area contributed by atoms with Gasteiger partial charge in [0.05, 0.1) is 23.1 Å². The first kappa shape index (κ1) is 27.3. The fourth-order valence-electron chi connectivity index (χ4n) is 6.24. The van der Waals surface area contributed by atoms with Gasteiger partial charge in [0.1, 0.15) is 5.76 Å². The van der Waals surface area contributed by atoms with Crippen LogP contribution in [0.2, 0.25) is 5.22 Å². The summed E-state index contributed by atoms with van der Waals surface area (Å²) in [5, 5.41) is 19.2. The quantitative estimate of drug-likeness (QED) is 0.262. The van der Waals surface area contributed by atoms with Gasteiger partial charge in [-0.05, 0) is 92.1 Å². The second-order valence-corrected chi connectivity index (χ2v) is 11.9. The molecular weight excluding hydrogens is 538 g/mol. The van der Waals surface area contributed by atoms with Crippen LogP contribution in [0.4, 0.5) is 0 Å². The van der Waals surface area contributed by atoms with Gasteiger partial charge in [-0.25, -0.2) is 0 Å². The third kappa shape index (κ3) is 5.28. The van der Waals surface area contributed by atoms with Crippen LogP contribution in [0.25, 0.3) is 11.5 Å². The van der Waals surface area contributed by atoms with Gasteiger partial charge in [-0.3, -0.25) is 4.79 Å². The van der Waals surface area contributed by atoms with Crippen molar-refractivity contribution in [3.8, 4) is 17.5 Å². The summed E-state index contributed by atoms with van der Waals surface area (Å²) < 4.78 is 11.8. The molecule has 2 N–H and O–H groups in total. The molecule has 1 unspecified atom stereocenters. The summed E-state index contributed by atoms with van der Waals surface area (Å²) in [6.45, 7) is 2.46. The predicted octanol–water partition coefficient (Wildman–Crippen LogP) is 6.71. The number of likely N-dealkylation sites (tertiary alicyclic amines) is 1. The van der Waals surface area contributed by atoms with Gasteiger partial charge in [0.2, 0.25) is 11.8 Å². The number of rotatable bonds is 7. The zero-order valence-corrected chi connectivity index (χ0v) is 23.7. The number of nitrogens with two attached hydrogens (primary N) is 1. The molecule has 2 aromatic carbocycles. The van der Waals surface area contributed by atoms with Gasteiger partial charge in [-0.15, -0.1) is 10.2 Å². The van der Waals surface area contributed by atoms with Crippen molar-refractivity contribution in [2.24, 2.45) is 5.73 Å². The van der Waals surface area contributed by atoms with Crippen molar-refractivity contribution in [3.05, 3.63) is 94.2 Å². The number of amides is 1. The number of carbonyl (C=O) groups excluding carboxylic acids is 1. The number of nitrogens with zero attached hydrogens (tertiary/aromatic N) is 4. The summed E-state index contributed by atoms with van der Waals surface area (Å²) >= 11 is 6.04. The molecule has 9 heteroatoms. The van der Waals surface area contributed by atoms with E-state index < -0.39 is 11.0 Å². The first-order chi connectivity index (χ1) is 19.8. The Balaban J connectivity index is 1.37. The van der Waals surface area contributed by atoms with E-state index in [0.29, 0.717) is 41.0 Å². The second-order valence-electron chi connectivity index (χ2n) is 11.5. The molecule has 0 bridgehead atoms. The molecular formula is C32H32ClN5O3. The summed E-state index contributed by atoms with van der Waals surface area (Å²) in [5.41, 5.74) is 8.02. The highest BCUT2D eigenvalue weighted by molar-refractivity contribution is 6.28. The topological polar surface area (TPSA) is 122 Å². The highest BCUT2D eigenvalue weighted by Crippen LogP contribution is 2.43.